The van der Waals surface area contributed by atoms with Gasteiger partial charge in [0.05, 0.1) is 13.5 Å². The van der Waals surface area contributed by atoms with Gasteiger partial charge < -0.3 is 4.74 Å². The number of carbonyl (C=O) groups excluding carboxylic acids is 1. The zero-order valence-corrected chi connectivity index (χ0v) is 6.17. The monoisotopic (exact) mass is 140 g/mol. The standard InChI is InChI=1S/C8H12O2/c1-10-8(9)4-2-3-7-5-6-7/h2-3,7H,4-6H2,1H3/b3-2-. The number of esters is 1. The number of hydrogen-bond acceptors (Lipinski definition) is 2. The summed E-state index contributed by atoms with van der Waals surface area (Å²) >= 11 is 0. The highest BCUT2D eigenvalue weighted by atomic mass is 16.5. The van der Waals surface area contributed by atoms with E-state index in [2.05, 4.69) is 10.8 Å². The molecule has 0 bridgehead atoms. The summed E-state index contributed by atoms with van der Waals surface area (Å²) in [5.41, 5.74) is 0. The number of ether oxygens (including phenoxy) is 1. The van der Waals surface area contributed by atoms with Gasteiger partial charge in [-0.2, -0.15) is 0 Å². The molecule has 0 atom stereocenters. The zero-order chi connectivity index (χ0) is 7.40. The molecule has 0 aliphatic heterocycles. The zero-order valence-electron chi connectivity index (χ0n) is 6.17. The van der Waals surface area contributed by atoms with Crippen molar-refractivity contribution >= 4 is 5.97 Å². The highest BCUT2D eigenvalue weighted by molar-refractivity contribution is 5.70. The molecule has 0 amide bonds. The summed E-state index contributed by atoms with van der Waals surface area (Å²) < 4.78 is 4.46. The van der Waals surface area contributed by atoms with Crippen molar-refractivity contribution in [2.45, 2.75) is 19.3 Å². The summed E-state index contributed by atoms with van der Waals surface area (Å²) in [7, 11) is 1.41. The summed E-state index contributed by atoms with van der Waals surface area (Å²) in [6, 6.07) is 0. The molecule has 0 aromatic heterocycles. The SMILES string of the molecule is COC(=O)C/C=C\C1CC1. The predicted molar refractivity (Wildman–Crippen MR) is 38.5 cm³/mol. The lowest BCUT2D eigenvalue weighted by molar-refractivity contribution is -0.139. The van der Waals surface area contributed by atoms with Crippen LogP contribution in [0.5, 0.6) is 0 Å². The normalized spacial score (nSPS) is 17.7. The van der Waals surface area contributed by atoms with Crippen LogP contribution in [0.25, 0.3) is 0 Å². The topological polar surface area (TPSA) is 26.3 Å². The van der Waals surface area contributed by atoms with E-state index < -0.39 is 0 Å². The molecule has 0 aromatic rings. The molecule has 56 valence electrons. The van der Waals surface area contributed by atoms with E-state index in [4.69, 9.17) is 0 Å². The average Bonchev–Trinajstić information content (AvgIpc) is 2.71. The van der Waals surface area contributed by atoms with Gasteiger partial charge in [-0.1, -0.05) is 12.2 Å². The van der Waals surface area contributed by atoms with Crippen LogP contribution in [-0.4, -0.2) is 13.1 Å². The first-order chi connectivity index (χ1) is 4.83. The maximum atomic E-state index is 10.5. The molecule has 1 aliphatic rings. The number of hydrogen-bond donors (Lipinski definition) is 0. The Morgan fingerprint density at radius 2 is 2.40 bits per heavy atom. The van der Waals surface area contributed by atoms with E-state index in [1.165, 1.54) is 20.0 Å². The molecule has 0 radical (unpaired) electrons. The maximum Gasteiger partial charge on any atom is 0.309 e. The molecule has 1 fully saturated rings. The number of rotatable bonds is 3. The molecule has 1 saturated carbocycles. The summed E-state index contributed by atoms with van der Waals surface area (Å²) in [6.45, 7) is 0. The molecule has 1 aliphatic carbocycles. The molecule has 0 unspecified atom stereocenters. The lowest BCUT2D eigenvalue weighted by atomic mass is 10.3. The van der Waals surface area contributed by atoms with Gasteiger partial charge in [-0.15, -0.1) is 0 Å². The Bertz CT molecular complexity index is 145. The Morgan fingerprint density at radius 1 is 1.70 bits per heavy atom. The van der Waals surface area contributed by atoms with Gasteiger partial charge in [0.2, 0.25) is 0 Å². The Balaban J connectivity index is 2.07. The third kappa shape index (κ3) is 2.67. The first kappa shape index (κ1) is 7.32. The van der Waals surface area contributed by atoms with Gasteiger partial charge in [0, 0.05) is 0 Å². The molecular weight excluding hydrogens is 128 g/mol. The van der Waals surface area contributed by atoms with Crippen LogP contribution in [0.15, 0.2) is 12.2 Å². The second kappa shape index (κ2) is 3.40. The van der Waals surface area contributed by atoms with Crippen molar-refractivity contribution in [2.24, 2.45) is 5.92 Å². The van der Waals surface area contributed by atoms with Crippen molar-refractivity contribution in [2.75, 3.05) is 7.11 Å². The minimum absolute atomic E-state index is 0.156. The summed E-state index contributed by atoms with van der Waals surface area (Å²) in [5.74, 6) is 0.599. The summed E-state index contributed by atoms with van der Waals surface area (Å²) in [6.07, 6.45) is 6.99. The van der Waals surface area contributed by atoms with E-state index in [1.807, 2.05) is 6.08 Å². The van der Waals surface area contributed by atoms with Gasteiger partial charge in [-0.3, -0.25) is 4.79 Å². The summed E-state index contributed by atoms with van der Waals surface area (Å²) in [5, 5.41) is 0. The van der Waals surface area contributed by atoms with Gasteiger partial charge >= 0.3 is 5.97 Å². The molecule has 2 nitrogen and oxygen atoms in total. The van der Waals surface area contributed by atoms with Gasteiger partial charge in [0.15, 0.2) is 0 Å². The minimum Gasteiger partial charge on any atom is -0.469 e. The maximum absolute atomic E-state index is 10.5. The fourth-order valence-corrected chi connectivity index (χ4v) is 0.729. The van der Waals surface area contributed by atoms with Crippen molar-refractivity contribution < 1.29 is 9.53 Å². The van der Waals surface area contributed by atoms with E-state index in [1.54, 1.807) is 0 Å². The average molecular weight is 140 g/mol. The number of allylic oxidation sites excluding steroid dienone is 1. The Morgan fingerprint density at radius 3 is 2.90 bits per heavy atom. The van der Waals surface area contributed by atoms with Crippen molar-refractivity contribution in [1.82, 2.24) is 0 Å². The number of carbonyl (C=O) groups is 1. The van der Waals surface area contributed by atoms with Crippen LogP contribution >= 0.6 is 0 Å². The van der Waals surface area contributed by atoms with E-state index in [9.17, 15) is 4.79 Å². The van der Waals surface area contributed by atoms with Gasteiger partial charge in [-0.05, 0) is 18.8 Å². The summed E-state index contributed by atoms with van der Waals surface area (Å²) in [4.78, 5) is 10.5. The Hall–Kier alpha value is -0.790. The molecule has 0 saturated heterocycles. The van der Waals surface area contributed by atoms with E-state index in [0.29, 0.717) is 6.42 Å². The first-order valence-electron chi connectivity index (χ1n) is 3.56. The van der Waals surface area contributed by atoms with Crippen molar-refractivity contribution in [1.29, 1.82) is 0 Å². The van der Waals surface area contributed by atoms with Crippen LogP contribution in [0.1, 0.15) is 19.3 Å². The molecule has 0 N–H and O–H groups in total. The van der Waals surface area contributed by atoms with Crippen molar-refractivity contribution in [3.05, 3.63) is 12.2 Å². The molecule has 10 heavy (non-hydrogen) atoms. The highest BCUT2D eigenvalue weighted by Crippen LogP contribution is 2.30. The third-order valence-corrected chi connectivity index (χ3v) is 1.54. The van der Waals surface area contributed by atoms with Gasteiger partial charge in [-0.25, -0.2) is 0 Å². The Kier molecular flexibility index (Phi) is 2.49. The fourth-order valence-electron chi connectivity index (χ4n) is 0.729. The molecule has 1 rings (SSSR count). The van der Waals surface area contributed by atoms with Gasteiger partial charge in [0.1, 0.15) is 0 Å². The van der Waals surface area contributed by atoms with Crippen molar-refractivity contribution in [3.8, 4) is 0 Å². The van der Waals surface area contributed by atoms with Gasteiger partial charge in [0.25, 0.3) is 0 Å². The van der Waals surface area contributed by atoms with Crippen LogP contribution in [0.3, 0.4) is 0 Å². The van der Waals surface area contributed by atoms with E-state index in [-0.39, 0.29) is 5.97 Å². The van der Waals surface area contributed by atoms with E-state index >= 15 is 0 Å². The molecule has 2 heteroatoms. The van der Waals surface area contributed by atoms with E-state index in [0.717, 1.165) is 5.92 Å². The predicted octanol–water partition coefficient (Wildman–Crippen LogP) is 1.52. The molecular formula is C8H12O2. The third-order valence-electron chi connectivity index (χ3n) is 1.54. The lowest BCUT2D eigenvalue weighted by Gasteiger charge is -1.90. The van der Waals surface area contributed by atoms with Crippen molar-refractivity contribution in [3.63, 3.8) is 0 Å². The molecule has 0 heterocycles. The van der Waals surface area contributed by atoms with Crippen LogP contribution in [0.4, 0.5) is 0 Å². The second-order valence-electron chi connectivity index (χ2n) is 2.55. The molecule has 0 spiro atoms. The first-order valence-corrected chi connectivity index (χ1v) is 3.56. The minimum atomic E-state index is -0.156. The smallest absolute Gasteiger partial charge is 0.309 e. The van der Waals surface area contributed by atoms with Crippen LogP contribution in [0, 0.1) is 5.92 Å². The highest BCUT2D eigenvalue weighted by Gasteiger charge is 2.16. The quantitative estimate of drug-likeness (QED) is 0.439. The number of methoxy groups -OCH3 is 1. The lowest BCUT2D eigenvalue weighted by Crippen LogP contribution is -1.96. The fraction of sp³-hybridized carbons (Fsp3) is 0.625. The molecule has 0 aromatic carbocycles. The van der Waals surface area contributed by atoms with Crippen LogP contribution in [-0.2, 0) is 9.53 Å². The van der Waals surface area contributed by atoms with Crippen LogP contribution < -0.4 is 0 Å². The van der Waals surface area contributed by atoms with Crippen LogP contribution in [0.2, 0.25) is 0 Å². The largest absolute Gasteiger partial charge is 0.469 e. The Labute approximate surface area is 60.9 Å². The second-order valence-corrected chi connectivity index (χ2v) is 2.55.